The summed E-state index contributed by atoms with van der Waals surface area (Å²) in [6.45, 7) is 5.28. The van der Waals surface area contributed by atoms with Crippen LogP contribution in [0.15, 0.2) is 30.3 Å². The first-order chi connectivity index (χ1) is 8.00. The Balaban J connectivity index is 2.75. The van der Waals surface area contributed by atoms with Gasteiger partial charge >= 0.3 is 0 Å². The van der Waals surface area contributed by atoms with Crippen LogP contribution in [-0.4, -0.2) is 24.4 Å². The Morgan fingerprint density at radius 2 is 1.82 bits per heavy atom. The van der Waals surface area contributed by atoms with Gasteiger partial charge in [-0.2, -0.15) is 0 Å². The van der Waals surface area contributed by atoms with Crippen LogP contribution in [0.5, 0.6) is 0 Å². The summed E-state index contributed by atoms with van der Waals surface area (Å²) in [5.41, 5.74) is 0.735. The minimum absolute atomic E-state index is 0.0531. The molecular weight excluding hydrogens is 216 g/mol. The molecule has 1 N–H and O–H groups in total. The highest BCUT2D eigenvalue weighted by atomic mass is 16.2. The molecule has 92 valence electrons. The Hall–Kier alpha value is -1.84. The third-order valence-electron chi connectivity index (χ3n) is 2.20. The van der Waals surface area contributed by atoms with Gasteiger partial charge in [-0.15, -0.1) is 0 Å². The van der Waals surface area contributed by atoms with E-state index in [0.717, 1.165) is 5.69 Å². The van der Waals surface area contributed by atoms with Crippen molar-refractivity contribution in [1.82, 2.24) is 5.32 Å². The summed E-state index contributed by atoms with van der Waals surface area (Å²) >= 11 is 0. The predicted octanol–water partition coefficient (Wildman–Crippen LogP) is 1.56. The lowest BCUT2D eigenvalue weighted by atomic mass is 10.2. The molecule has 0 saturated carbocycles. The lowest BCUT2D eigenvalue weighted by Gasteiger charge is -2.21. The Kier molecular flexibility index (Phi) is 4.69. The molecule has 17 heavy (non-hydrogen) atoms. The first-order valence-corrected chi connectivity index (χ1v) is 5.63. The van der Waals surface area contributed by atoms with Gasteiger partial charge < -0.3 is 10.2 Å². The van der Waals surface area contributed by atoms with Crippen LogP contribution in [-0.2, 0) is 9.59 Å². The SMILES string of the molecule is CC(=O)N(CC(=O)NC(C)C)c1ccccc1. The zero-order valence-electron chi connectivity index (χ0n) is 10.4. The fraction of sp³-hybridized carbons (Fsp3) is 0.385. The summed E-state index contributed by atoms with van der Waals surface area (Å²) < 4.78 is 0. The van der Waals surface area contributed by atoms with Crippen molar-refractivity contribution < 1.29 is 9.59 Å². The maximum absolute atomic E-state index is 11.6. The molecule has 0 unspecified atom stereocenters. The van der Waals surface area contributed by atoms with Gasteiger partial charge in [-0.3, -0.25) is 9.59 Å². The number of hydrogen-bond acceptors (Lipinski definition) is 2. The summed E-state index contributed by atoms with van der Waals surface area (Å²) in [5.74, 6) is -0.297. The Labute approximate surface area is 102 Å². The van der Waals surface area contributed by atoms with Gasteiger partial charge in [-0.05, 0) is 26.0 Å². The molecule has 0 aliphatic rings. The van der Waals surface area contributed by atoms with E-state index in [4.69, 9.17) is 0 Å². The zero-order valence-corrected chi connectivity index (χ0v) is 10.4. The molecule has 0 bridgehead atoms. The van der Waals surface area contributed by atoms with E-state index >= 15 is 0 Å². The average molecular weight is 234 g/mol. The number of nitrogens with one attached hydrogen (secondary N) is 1. The van der Waals surface area contributed by atoms with E-state index in [1.54, 1.807) is 0 Å². The topological polar surface area (TPSA) is 49.4 Å². The molecule has 0 aliphatic carbocycles. The van der Waals surface area contributed by atoms with Crippen LogP contribution < -0.4 is 10.2 Å². The Morgan fingerprint density at radius 3 is 2.29 bits per heavy atom. The minimum atomic E-state index is -0.154. The molecule has 0 spiro atoms. The van der Waals surface area contributed by atoms with Gasteiger partial charge in [0.2, 0.25) is 11.8 Å². The lowest BCUT2D eigenvalue weighted by molar-refractivity contribution is -0.123. The molecular formula is C13H18N2O2. The maximum atomic E-state index is 11.6. The van der Waals surface area contributed by atoms with Crippen molar-refractivity contribution in [3.05, 3.63) is 30.3 Å². The summed E-state index contributed by atoms with van der Waals surface area (Å²) in [6.07, 6.45) is 0. The first-order valence-electron chi connectivity index (χ1n) is 5.63. The summed E-state index contributed by atoms with van der Waals surface area (Å²) in [4.78, 5) is 24.6. The number of nitrogens with zero attached hydrogens (tertiary/aromatic N) is 1. The van der Waals surface area contributed by atoms with Gasteiger partial charge in [0.15, 0.2) is 0 Å². The van der Waals surface area contributed by atoms with Crippen LogP contribution in [0.25, 0.3) is 0 Å². The monoisotopic (exact) mass is 234 g/mol. The third kappa shape index (κ3) is 4.26. The molecule has 0 saturated heterocycles. The number of amides is 2. The van der Waals surface area contributed by atoms with E-state index in [1.807, 2.05) is 44.2 Å². The molecule has 4 heteroatoms. The first kappa shape index (κ1) is 13.2. The molecule has 0 heterocycles. The van der Waals surface area contributed by atoms with Gasteiger partial charge in [0.25, 0.3) is 0 Å². The number of benzene rings is 1. The second kappa shape index (κ2) is 6.03. The second-order valence-corrected chi connectivity index (χ2v) is 4.16. The molecule has 0 atom stereocenters. The minimum Gasteiger partial charge on any atom is -0.352 e. The number of carbonyl (C=O) groups excluding carboxylic acids is 2. The fourth-order valence-electron chi connectivity index (χ4n) is 1.50. The van der Waals surface area contributed by atoms with Crippen molar-refractivity contribution in [1.29, 1.82) is 0 Å². The van der Waals surface area contributed by atoms with Gasteiger partial charge in [-0.1, -0.05) is 18.2 Å². The van der Waals surface area contributed by atoms with Crippen molar-refractivity contribution in [2.24, 2.45) is 0 Å². The molecule has 1 aromatic rings. The molecule has 0 aliphatic heterocycles. The Bertz CT molecular complexity index is 388. The molecule has 1 rings (SSSR count). The predicted molar refractivity (Wildman–Crippen MR) is 67.7 cm³/mol. The molecule has 4 nitrogen and oxygen atoms in total. The van der Waals surface area contributed by atoms with Crippen molar-refractivity contribution in [2.75, 3.05) is 11.4 Å². The highest BCUT2D eigenvalue weighted by Crippen LogP contribution is 2.12. The Morgan fingerprint density at radius 1 is 1.24 bits per heavy atom. The number of carbonyl (C=O) groups is 2. The van der Waals surface area contributed by atoms with Crippen molar-refractivity contribution in [2.45, 2.75) is 26.8 Å². The summed E-state index contributed by atoms with van der Waals surface area (Å²) in [6, 6.07) is 9.24. The smallest absolute Gasteiger partial charge is 0.240 e. The normalized spacial score (nSPS) is 10.1. The van der Waals surface area contributed by atoms with Crippen molar-refractivity contribution in [3.63, 3.8) is 0 Å². The zero-order chi connectivity index (χ0) is 12.8. The van der Waals surface area contributed by atoms with Crippen LogP contribution in [0.1, 0.15) is 20.8 Å². The van der Waals surface area contributed by atoms with E-state index in [2.05, 4.69) is 5.32 Å². The van der Waals surface area contributed by atoms with E-state index in [1.165, 1.54) is 11.8 Å². The molecule has 2 amide bonds. The van der Waals surface area contributed by atoms with E-state index in [0.29, 0.717) is 0 Å². The maximum Gasteiger partial charge on any atom is 0.240 e. The number of para-hydroxylation sites is 1. The van der Waals surface area contributed by atoms with Crippen LogP contribution in [0, 0.1) is 0 Å². The lowest BCUT2D eigenvalue weighted by Crippen LogP contribution is -2.42. The van der Waals surface area contributed by atoms with Gasteiger partial charge in [0.05, 0.1) is 0 Å². The number of hydrogen-bond donors (Lipinski definition) is 1. The highest BCUT2D eigenvalue weighted by molar-refractivity contribution is 5.97. The van der Waals surface area contributed by atoms with Gasteiger partial charge in [-0.25, -0.2) is 0 Å². The van der Waals surface area contributed by atoms with E-state index in [-0.39, 0.29) is 24.4 Å². The van der Waals surface area contributed by atoms with Crippen LogP contribution in [0.2, 0.25) is 0 Å². The highest BCUT2D eigenvalue weighted by Gasteiger charge is 2.15. The van der Waals surface area contributed by atoms with Crippen LogP contribution in [0.4, 0.5) is 5.69 Å². The number of anilines is 1. The van der Waals surface area contributed by atoms with Gasteiger partial charge in [0, 0.05) is 18.7 Å². The largest absolute Gasteiger partial charge is 0.352 e. The molecule has 0 aromatic heterocycles. The molecule has 0 fully saturated rings. The summed E-state index contributed by atoms with van der Waals surface area (Å²) in [5, 5.41) is 2.77. The molecule has 0 radical (unpaired) electrons. The van der Waals surface area contributed by atoms with Crippen molar-refractivity contribution in [3.8, 4) is 0 Å². The quantitative estimate of drug-likeness (QED) is 0.859. The average Bonchev–Trinajstić information content (AvgIpc) is 2.25. The summed E-state index contributed by atoms with van der Waals surface area (Å²) in [7, 11) is 0. The van der Waals surface area contributed by atoms with E-state index in [9.17, 15) is 9.59 Å². The second-order valence-electron chi connectivity index (χ2n) is 4.16. The van der Waals surface area contributed by atoms with Gasteiger partial charge in [0.1, 0.15) is 6.54 Å². The van der Waals surface area contributed by atoms with Crippen molar-refractivity contribution >= 4 is 17.5 Å². The van der Waals surface area contributed by atoms with Crippen LogP contribution in [0.3, 0.4) is 0 Å². The number of rotatable bonds is 4. The van der Waals surface area contributed by atoms with Crippen LogP contribution >= 0.6 is 0 Å². The third-order valence-corrected chi connectivity index (χ3v) is 2.20. The fourth-order valence-corrected chi connectivity index (χ4v) is 1.50. The molecule has 1 aromatic carbocycles. The van der Waals surface area contributed by atoms with E-state index < -0.39 is 0 Å². The standard InChI is InChI=1S/C13H18N2O2/c1-10(2)14-13(17)9-15(11(3)16)12-7-5-4-6-8-12/h4-8,10H,9H2,1-3H3,(H,14,17).